The summed E-state index contributed by atoms with van der Waals surface area (Å²) in [5.74, 6) is -3.69. The van der Waals surface area contributed by atoms with Crippen molar-refractivity contribution >= 4 is 5.69 Å². The fraction of sp³-hybridized carbons (Fsp3) is 0.600. The number of likely N-dealkylation sites (tertiary alicyclic amines) is 1. The van der Waals surface area contributed by atoms with Crippen molar-refractivity contribution in [1.82, 2.24) is 4.90 Å². The van der Waals surface area contributed by atoms with E-state index in [1.54, 1.807) is 0 Å². The summed E-state index contributed by atoms with van der Waals surface area (Å²) < 4.78 is 39.7. The van der Waals surface area contributed by atoms with Crippen LogP contribution in [0.15, 0.2) is 12.1 Å². The lowest BCUT2D eigenvalue weighted by Gasteiger charge is -2.24. The van der Waals surface area contributed by atoms with Gasteiger partial charge in [-0.1, -0.05) is 0 Å². The second-order valence-corrected chi connectivity index (χ2v) is 5.62. The van der Waals surface area contributed by atoms with Crippen LogP contribution in [-0.4, -0.2) is 30.1 Å². The molecule has 1 saturated heterocycles. The number of nitrogens with zero attached hydrogens (tertiary/aromatic N) is 1. The standard InChI is InChI=1S/C15H21F3N2/c1-10(2)20-8-3-4-11(7-9-20)19-13-6-5-12(16)14(17)15(13)18/h5-6,10-11,19H,3-4,7-9H2,1-2H3. The van der Waals surface area contributed by atoms with Gasteiger partial charge in [0.05, 0.1) is 5.69 Å². The minimum absolute atomic E-state index is 0.0481. The average molecular weight is 286 g/mol. The molecule has 2 rings (SSSR count). The molecule has 112 valence electrons. The second kappa shape index (κ2) is 6.48. The van der Waals surface area contributed by atoms with Crippen molar-refractivity contribution in [2.24, 2.45) is 0 Å². The summed E-state index contributed by atoms with van der Waals surface area (Å²) in [5, 5.41) is 3.01. The van der Waals surface area contributed by atoms with E-state index in [0.29, 0.717) is 6.04 Å². The smallest absolute Gasteiger partial charge is 0.196 e. The number of benzene rings is 1. The van der Waals surface area contributed by atoms with Crippen molar-refractivity contribution in [1.29, 1.82) is 0 Å². The SMILES string of the molecule is CC(C)N1CCCC(Nc2ccc(F)c(F)c2F)CC1. The molecule has 0 aromatic heterocycles. The van der Waals surface area contributed by atoms with Crippen molar-refractivity contribution < 1.29 is 13.2 Å². The molecular weight excluding hydrogens is 265 g/mol. The quantitative estimate of drug-likeness (QED) is 0.851. The van der Waals surface area contributed by atoms with Gasteiger partial charge in [0, 0.05) is 18.6 Å². The Labute approximate surface area is 118 Å². The molecule has 0 spiro atoms. The van der Waals surface area contributed by atoms with Gasteiger partial charge in [-0.25, -0.2) is 13.2 Å². The Morgan fingerprint density at radius 3 is 2.55 bits per heavy atom. The molecule has 5 heteroatoms. The number of rotatable bonds is 3. The highest BCUT2D eigenvalue weighted by Gasteiger charge is 2.20. The van der Waals surface area contributed by atoms with Gasteiger partial charge in [0.15, 0.2) is 17.5 Å². The topological polar surface area (TPSA) is 15.3 Å². The van der Waals surface area contributed by atoms with E-state index in [2.05, 4.69) is 24.1 Å². The molecule has 1 aromatic rings. The average Bonchev–Trinajstić information content (AvgIpc) is 2.65. The van der Waals surface area contributed by atoms with Gasteiger partial charge in [-0.05, 0) is 51.8 Å². The zero-order valence-corrected chi connectivity index (χ0v) is 11.9. The van der Waals surface area contributed by atoms with Crippen LogP contribution in [0.25, 0.3) is 0 Å². The van der Waals surface area contributed by atoms with Crippen molar-refractivity contribution in [3.8, 4) is 0 Å². The maximum absolute atomic E-state index is 13.6. The molecule has 1 aliphatic heterocycles. The van der Waals surface area contributed by atoms with Gasteiger partial charge < -0.3 is 10.2 Å². The van der Waals surface area contributed by atoms with Gasteiger partial charge in [-0.2, -0.15) is 0 Å². The number of nitrogens with one attached hydrogen (secondary N) is 1. The molecule has 1 fully saturated rings. The highest BCUT2D eigenvalue weighted by Crippen LogP contribution is 2.23. The Kier molecular flexibility index (Phi) is 4.91. The highest BCUT2D eigenvalue weighted by molar-refractivity contribution is 5.46. The van der Waals surface area contributed by atoms with Gasteiger partial charge in [0.1, 0.15) is 0 Å². The number of halogens is 3. The first-order valence-electron chi connectivity index (χ1n) is 7.13. The highest BCUT2D eigenvalue weighted by atomic mass is 19.2. The predicted molar refractivity (Wildman–Crippen MR) is 74.3 cm³/mol. The van der Waals surface area contributed by atoms with Gasteiger partial charge in [-0.15, -0.1) is 0 Å². The molecule has 1 unspecified atom stereocenters. The Hall–Kier alpha value is -1.23. The van der Waals surface area contributed by atoms with E-state index in [0.717, 1.165) is 38.4 Å². The lowest BCUT2D eigenvalue weighted by Crippen LogP contribution is -2.32. The number of hydrogen-bond donors (Lipinski definition) is 1. The van der Waals surface area contributed by atoms with E-state index in [4.69, 9.17) is 0 Å². The number of hydrogen-bond acceptors (Lipinski definition) is 2. The first-order valence-corrected chi connectivity index (χ1v) is 7.13. The van der Waals surface area contributed by atoms with Crippen molar-refractivity contribution in [3.05, 3.63) is 29.6 Å². The minimum Gasteiger partial charge on any atom is -0.380 e. The predicted octanol–water partition coefficient (Wildman–Crippen LogP) is 3.78. The molecule has 1 aliphatic rings. The first kappa shape index (κ1) is 15.2. The summed E-state index contributed by atoms with van der Waals surface area (Å²) in [5.41, 5.74) is 0.0481. The molecule has 1 heterocycles. The van der Waals surface area contributed by atoms with E-state index in [1.165, 1.54) is 6.07 Å². The fourth-order valence-electron chi connectivity index (χ4n) is 2.64. The maximum Gasteiger partial charge on any atom is 0.196 e. The second-order valence-electron chi connectivity index (χ2n) is 5.62. The normalized spacial score (nSPS) is 21.0. The summed E-state index contributed by atoms with van der Waals surface area (Å²) in [4.78, 5) is 2.38. The van der Waals surface area contributed by atoms with Gasteiger partial charge in [0.2, 0.25) is 0 Å². The lowest BCUT2D eigenvalue weighted by molar-refractivity contribution is 0.230. The van der Waals surface area contributed by atoms with E-state index < -0.39 is 17.5 Å². The van der Waals surface area contributed by atoms with Crippen LogP contribution >= 0.6 is 0 Å². The Morgan fingerprint density at radius 2 is 1.85 bits per heavy atom. The fourth-order valence-corrected chi connectivity index (χ4v) is 2.64. The minimum atomic E-state index is -1.41. The molecule has 1 N–H and O–H groups in total. The van der Waals surface area contributed by atoms with Crippen LogP contribution < -0.4 is 5.32 Å². The summed E-state index contributed by atoms with van der Waals surface area (Å²) >= 11 is 0. The Balaban J connectivity index is 2.02. The summed E-state index contributed by atoms with van der Waals surface area (Å²) in [6.45, 7) is 6.27. The lowest BCUT2D eigenvalue weighted by atomic mass is 10.1. The largest absolute Gasteiger partial charge is 0.380 e. The molecular formula is C15H21F3N2. The molecule has 2 nitrogen and oxygen atoms in total. The Bertz CT molecular complexity index is 463. The van der Waals surface area contributed by atoms with Gasteiger partial charge >= 0.3 is 0 Å². The molecule has 20 heavy (non-hydrogen) atoms. The van der Waals surface area contributed by atoms with Crippen LogP contribution in [0.3, 0.4) is 0 Å². The van der Waals surface area contributed by atoms with E-state index in [-0.39, 0.29) is 11.7 Å². The zero-order valence-electron chi connectivity index (χ0n) is 11.9. The first-order chi connectivity index (χ1) is 9.49. The third kappa shape index (κ3) is 3.45. The van der Waals surface area contributed by atoms with E-state index >= 15 is 0 Å². The summed E-state index contributed by atoms with van der Waals surface area (Å²) in [6, 6.07) is 2.81. The van der Waals surface area contributed by atoms with E-state index in [9.17, 15) is 13.2 Å². The van der Waals surface area contributed by atoms with Crippen molar-refractivity contribution in [2.45, 2.75) is 45.2 Å². The van der Waals surface area contributed by atoms with Crippen molar-refractivity contribution in [3.63, 3.8) is 0 Å². The van der Waals surface area contributed by atoms with Crippen LogP contribution in [0.2, 0.25) is 0 Å². The third-order valence-electron chi connectivity index (χ3n) is 3.89. The molecule has 0 amide bonds. The van der Waals surface area contributed by atoms with E-state index in [1.807, 2.05) is 0 Å². The molecule has 1 aromatic carbocycles. The van der Waals surface area contributed by atoms with Crippen LogP contribution in [0, 0.1) is 17.5 Å². The van der Waals surface area contributed by atoms with Crippen LogP contribution in [0.5, 0.6) is 0 Å². The molecule has 1 atom stereocenters. The third-order valence-corrected chi connectivity index (χ3v) is 3.89. The molecule has 0 radical (unpaired) electrons. The van der Waals surface area contributed by atoms with Crippen LogP contribution in [-0.2, 0) is 0 Å². The van der Waals surface area contributed by atoms with Gasteiger partial charge in [0.25, 0.3) is 0 Å². The maximum atomic E-state index is 13.6. The summed E-state index contributed by atoms with van der Waals surface area (Å²) in [7, 11) is 0. The number of anilines is 1. The summed E-state index contributed by atoms with van der Waals surface area (Å²) in [6.07, 6.45) is 2.79. The molecule has 0 bridgehead atoms. The molecule has 0 saturated carbocycles. The van der Waals surface area contributed by atoms with Crippen LogP contribution in [0.4, 0.5) is 18.9 Å². The van der Waals surface area contributed by atoms with Gasteiger partial charge in [-0.3, -0.25) is 0 Å². The zero-order chi connectivity index (χ0) is 14.7. The van der Waals surface area contributed by atoms with Crippen molar-refractivity contribution in [2.75, 3.05) is 18.4 Å². The van der Waals surface area contributed by atoms with Crippen LogP contribution in [0.1, 0.15) is 33.1 Å². The Morgan fingerprint density at radius 1 is 1.10 bits per heavy atom. The molecule has 0 aliphatic carbocycles. The monoisotopic (exact) mass is 286 g/mol.